The van der Waals surface area contributed by atoms with Crippen LogP contribution in [0.2, 0.25) is 0 Å². The molecule has 2 unspecified atom stereocenters. The predicted octanol–water partition coefficient (Wildman–Crippen LogP) is 3.49. The van der Waals surface area contributed by atoms with Gasteiger partial charge in [-0.3, -0.25) is 4.79 Å². The Labute approximate surface area is 102 Å². The molecule has 0 bridgehead atoms. The van der Waals surface area contributed by atoms with Crippen molar-refractivity contribution in [2.24, 2.45) is 11.8 Å². The van der Waals surface area contributed by atoms with E-state index in [0.717, 1.165) is 12.0 Å². The molecule has 86 valence electrons. The Hall–Kier alpha value is -0.900. The van der Waals surface area contributed by atoms with Gasteiger partial charge in [-0.1, -0.05) is 6.92 Å². The number of carbonyl (C=O) groups excluding carboxylic acids is 1. The lowest BCUT2D eigenvalue weighted by Crippen LogP contribution is -2.15. The summed E-state index contributed by atoms with van der Waals surface area (Å²) in [5.41, 5.74) is 1.42. The maximum Gasteiger partial charge on any atom is 0.227 e. The van der Waals surface area contributed by atoms with E-state index in [1.165, 1.54) is 6.07 Å². The third kappa shape index (κ3) is 2.26. The Morgan fingerprint density at radius 2 is 2.19 bits per heavy atom. The molecule has 1 aliphatic rings. The van der Waals surface area contributed by atoms with Crippen LogP contribution in [0.5, 0.6) is 0 Å². The van der Waals surface area contributed by atoms with Gasteiger partial charge in [0, 0.05) is 11.6 Å². The van der Waals surface area contributed by atoms with Crippen LogP contribution >= 0.6 is 15.9 Å². The average molecular weight is 286 g/mol. The zero-order chi connectivity index (χ0) is 11.9. The minimum absolute atomic E-state index is 0.00248. The first-order chi connectivity index (χ1) is 7.49. The minimum Gasteiger partial charge on any atom is -0.325 e. The molecule has 4 heteroatoms. The molecule has 2 rings (SSSR count). The third-order valence-corrected chi connectivity index (χ3v) is 3.58. The Kier molecular flexibility index (Phi) is 3.02. The minimum atomic E-state index is -0.357. The van der Waals surface area contributed by atoms with Gasteiger partial charge in [0.1, 0.15) is 5.82 Å². The Bertz CT molecular complexity index is 447. The van der Waals surface area contributed by atoms with E-state index in [2.05, 4.69) is 21.2 Å². The van der Waals surface area contributed by atoms with Gasteiger partial charge >= 0.3 is 0 Å². The monoisotopic (exact) mass is 285 g/mol. The highest BCUT2D eigenvalue weighted by Crippen LogP contribution is 2.38. The van der Waals surface area contributed by atoms with E-state index in [-0.39, 0.29) is 17.6 Å². The molecule has 1 aromatic rings. The molecule has 1 saturated carbocycles. The number of aryl methyl sites for hydroxylation is 1. The van der Waals surface area contributed by atoms with Gasteiger partial charge in [-0.25, -0.2) is 4.39 Å². The Balaban J connectivity index is 2.15. The summed E-state index contributed by atoms with van der Waals surface area (Å²) in [7, 11) is 0. The summed E-state index contributed by atoms with van der Waals surface area (Å²) in [6, 6.07) is 3.02. The standard InChI is InChI=1S/C12H13BrFNO/c1-6-3-8(6)12(16)15-11-5-10(14)9(13)4-7(11)2/h4-6,8H,3H2,1-2H3,(H,15,16). The van der Waals surface area contributed by atoms with Gasteiger partial charge in [0.2, 0.25) is 5.91 Å². The number of benzene rings is 1. The summed E-state index contributed by atoms with van der Waals surface area (Å²) in [5, 5.41) is 2.77. The summed E-state index contributed by atoms with van der Waals surface area (Å²) in [6.45, 7) is 3.88. The average Bonchev–Trinajstić information content (AvgIpc) is 2.92. The molecule has 0 spiro atoms. The fourth-order valence-corrected chi connectivity index (χ4v) is 2.15. The first kappa shape index (κ1) is 11.6. The van der Waals surface area contributed by atoms with E-state index in [4.69, 9.17) is 0 Å². The van der Waals surface area contributed by atoms with Crippen molar-refractivity contribution < 1.29 is 9.18 Å². The molecule has 1 aliphatic carbocycles. The quantitative estimate of drug-likeness (QED) is 0.886. The smallest absolute Gasteiger partial charge is 0.227 e. The number of anilines is 1. The lowest BCUT2D eigenvalue weighted by Gasteiger charge is -2.09. The van der Waals surface area contributed by atoms with Crippen LogP contribution in [0.25, 0.3) is 0 Å². The van der Waals surface area contributed by atoms with Gasteiger partial charge in [0.25, 0.3) is 0 Å². The van der Waals surface area contributed by atoms with Crippen LogP contribution in [-0.2, 0) is 4.79 Å². The summed E-state index contributed by atoms with van der Waals surface area (Å²) >= 11 is 3.11. The number of hydrogen-bond acceptors (Lipinski definition) is 1. The zero-order valence-corrected chi connectivity index (χ0v) is 10.8. The fourth-order valence-electron chi connectivity index (χ4n) is 1.69. The Morgan fingerprint density at radius 3 is 2.75 bits per heavy atom. The summed E-state index contributed by atoms with van der Waals surface area (Å²) in [4.78, 5) is 11.7. The van der Waals surface area contributed by atoms with Crippen LogP contribution in [0, 0.1) is 24.6 Å². The van der Waals surface area contributed by atoms with Gasteiger partial charge in [-0.05, 0) is 52.9 Å². The second kappa shape index (κ2) is 4.17. The normalized spacial score (nSPS) is 23.0. The third-order valence-electron chi connectivity index (χ3n) is 2.97. The number of nitrogens with one attached hydrogen (secondary N) is 1. The van der Waals surface area contributed by atoms with Gasteiger partial charge in [-0.15, -0.1) is 0 Å². The molecule has 0 heterocycles. The van der Waals surface area contributed by atoms with Crippen molar-refractivity contribution >= 4 is 27.5 Å². The lowest BCUT2D eigenvalue weighted by atomic mass is 10.2. The van der Waals surface area contributed by atoms with Crippen molar-refractivity contribution in [1.82, 2.24) is 0 Å². The first-order valence-electron chi connectivity index (χ1n) is 5.25. The second-order valence-electron chi connectivity index (χ2n) is 4.39. The van der Waals surface area contributed by atoms with Crippen LogP contribution in [0.4, 0.5) is 10.1 Å². The van der Waals surface area contributed by atoms with Gasteiger partial charge in [-0.2, -0.15) is 0 Å². The Morgan fingerprint density at radius 1 is 1.56 bits per heavy atom. The lowest BCUT2D eigenvalue weighted by molar-refractivity contribution is -0.117. The molecule has 1 fully saturated rings. The molecule has 1 aromatic carbocycles. The zero-order valence-electron chi connectivity index (χ0n) is 9.18. The molecule has 2 atom stereocenters. The number of hydrogen-bond donors (Lipinski definition) is 1. The maximum atomic E-state index is 13.3. The van der Waals surface area contributed by atoms with Gasteiger partial charge in [0.15, 0.2) is 0 Å². The van der Waals surface area contributed by atoms with Crippen LogP contribution in [0.15, 0.2) is 16.6 Å². The van der Waals surface area contributed by atoms with Crippen molar-refractivity contribution in [2.75, 3.05) is 5.32 Å². The maximum absolute atomic E-state index is 13.3. The number of amides is 1. The molecular formula is C12H13BrFNO. The molecule has 0 aromatic heterocycles. The van der Waals surface area contributed by atoms with Crippen molar-refractivity contribution in [3.63, 3.8) is 0 Å². The highest BCUT2D eigenvalue weighted by molar-refractivity contribution is 9.10. The van der Waals surface area contributed by atoms with E-state index in [1.807, 2.05) is 13.8 Å². The molecular weight excluding hydrogens is 273 g/mol. The van der Waals surface area contributed by atoms with Crippen molar-refractivity contribution in [2.45, 2.75) is 20.3 Å². The molecule has 0 radical (unpaired) electrons. The first-order valence-corrected chi connectivity index (χ1v) is 6.05. The van der Waals surface area contributed by atoms with E-state index >= 15 is 0 Å². The molecule has 0 saturated heterocycles. The van der Waals surface area contributed by atoms with Crippen LogP contribution in [0.1, 0.15) is 18.9 Å². The number of rotatable bonds is 2. The van der Waals surface area contributed by atoms with Crippen molar-refractivity contribution in [3.8, 4) is 0 Å². The van der Waals surface area contributed by atoms with E-state index < -0.39 is 0 Å². The number of halogens is 2. The van der Waals surface area contributed by atoms with Gasteiger partial charge < -0.3 is 5.32 Å². The molecule has 1 amide bonds. The molecule has 2 nitrogen and oxygen atoms in total. The van der Waals surface area contributed by atoms with E-state index in [1.54, 1.807) is 6.07 Å². The van der Waals surface area contributed by atoms with Crippen LogP contribution in [0.3, 0.4) is 0 Å². The molecule has 16 heavy (non-hydrogen) atoms. The van der Waals surface area contributed by atoms with E-state index in [0.29, 0.717) is 16.1 Å². The van der Waals surface area contributed by atoms with Crippen molar-refractivity contribution in [1.29, 1.82) is 0 Å². The van der Waals surface area contributed by atoms with Crippen LogP contribution in [-0.4, -0.2) is 5.91 Å². The summed E-state index contributed by atoms with van der Waals surface area (Å²) in [6.07, 6.45) is 0.934. The predicted molar refractivity (Wildman–Crippen MR) is 64.7 cm³/mol. The van der Waals surface area contributed by atoms with E-state index in [9.17, 15) is 9.18 Å². The van der Waals surface area contributed by atoms with Crippen molar-refractivity contribution in [3.05, 3.63) is 28.0 Å². The molecule has 1 N–H and O–H groups in total. The van der Waals surface area contributed by atoms with Gasteiger partial charge in [0.05, 0.1) is 4.47 Å². The SMILES string of the molecule is Cc1cc(Br)c(F)cc1NC(=O)C1CC1C. The second-order valence-corrected chi connectivity index (χ2v) is 5.24. The summed E-state index contributed by atoms with van der Waals surface area (Å²) < 4.78 is 13.7. The fraction of sp³-hybridized carbons (Fsp3) is 0.417. The number of carbonyl (C=O) groups is 1. The highest BCUT2D eigenvalue weighted by Gasteiger charge is 2.39. The molecule has 0 aliphatic heterocycles. The topological polar surface area (TPSA) is 29.1 Å². The largest absolute Gasteiger partial charge is 0.325 e. The highest BCUT2D eigenvalue weighted by atomic mass is 79.9. The summed E-state index contributed by atoms with van der Waals surface area (Å²) in [5.74, 6) is 0.203. The van der Waals surface area contributed by atoms with Crippen LogP contribution < -0.4 is 5.32 Å².